The highest BCUT2D eigenvalue weighted by Crippen LogP contribution is 2.39. The third-order valence-corrected chi connectivity index (χ3v) is 3.26. The molecule has 1 aromatic carbocycles. The maximum absolute atomic E-state index is 13.0. The number of amides is 1. The number of benzene rings is 1. The molecular weight excluding hydrogens is 261 g/mol. The fourth-order valence-corrected chi connectivity index (χ4v) is 2.39. The standard InChI is InChI=1S/C13H12FN5O/c14-7-3-1-6(2-4-7)8-5-9(20)17-12-10(8)11(15)18-13(16)19-12/h1-4,8H,5H2,(H5,15,16,17,18,19,20). The Bertz CT molecular complexity index is 686. The van der Waals surface area contributed by atoms with Gasteiger partial charge in [0, 0.05) is 17.9 Å². The van der Waals surface area contributed by atoms with E-state index in [2.05, 4.69) is 15.3 Å². The summed E-state index contributed by atoms with van der Waals surface area (Å²) >= 11 is 0. The Morgan fingerprint density at radius 1 is 1.20 bits per heavy atom. The van der Waals surface area contributed by atoms with Crippen LogP contribution in [0.25, 0.3) is 0 Å². The summed E-state index contributed by atoms with van der Waals surface area (Å²) in [6.07, 6.45) is 0.204. The number of anilines is 3. The fraction of sp³-hybridized carbons (Fsp3) is 0.154. The summed E-state index contributed by atoms with van der Waals surface area (Å²) in [5.41, 5.74) is 12.8. The van der Waals surface area contributed by atoms with Gasteiger partial charge in [0.1, 0.15) is 17.5 Å². The number of nitrogen functional groups attached to an aromatic ring is 2. The molecule has 3 rings (SSSR count). The van der Waals surface area contributed by atoms with Crippen LogP contribution in [0.3, 0.4) is 0 Å². The summed E-state index contributed by atoms with van der Waals surface area (Å²) in [6.45, 7) is 0. The van der Waals surface area contributed by atoms with Crippen LogP contribution in [0.1, 0.15) is 23.5 Å². The van der Waals surface area contributed by atoms with Gasteiger partial charge in [-0.1, -0.05) is 12.1 Å². The lowest BCUT2D eigenvalue weighted by Crippen LogP contribution is -2.26. The van der Waals surface area contributed by atoms with E-state index in [0.29, 0.717) is 11.4 Å². The second-order valence-electron chi connectivity index (χ2n) is 4.59. The predicted octanol–water partition coefficient (Wildman–Crippen LogP) is 1.25. The van der Waals surface area contributed by atoms with Gasteiger partial charge in [-0.3, -0.25) is 4.79 Å². The number of fused-ring (bicyclic) bond motifs is 1. The topological polar surface area (TPSA) is 107 Å². The SMILES string of the molecule is Nc1nc(N)c2c(n1)NC(=O)CC2c1ccc(F)cc1. The molecule has 0 radical (unpaired) electrons. The molecule has 5 N–H and O–H groups in total. The van der Waals surface area contributed by atoms with Gasteiger partial charge in [0.05, 0.1) is 0 Å². The number of nitrogens with one attached hydrogen (secondary N) is 1. The Labute approximate surface area is 114 Å². The first kappa shape index (κ1) is 12.3. The van der Waals surface area contributed by atoms with Crippen LogP contribution in [0, 0.1) is 5.82 Å². The van der Waals surface area contributed by atoms with Crippen molar-refractivity contribution in [1.82, 2.24) is 9.97 Å². The highest BCUT2D eigenvalue weighted by Gasteiger charge is 2.30. The smallest absolute Gasteiger partial charge is 0.226 e. The van der Waals surface area contributed by atoms with Gasteiger partial charge in [-0.15, -0.1) is 0 Å². The second kappa shape index (κ2) is 4.44. The van der Waals surface area contributed by atoms with E-state index >= 15 is 0 Å². The number of carbonyl (C=O) groups excluding carboxylic acids is 1. The molecule has 7 heteroatoms. The molecule has 0 fully saturated rings. The van der Waals surface area contributed by atoms with Gasteiger partial charge in [-0.25, -0.2) is 4.39 Å². The molecule has 6 nitrogen and oxygen atoms in total. The summed E-state index contributed by atoms with van der Waals surface area (Å²) in [5.74, 6) is -0.288. The van der Waals surface area contributed by atoms with Crippen LogP contribution >= 0.6 is 0 Å². The molecule has 0 saturated heterocycles. The number of nitrogens with zero attached hydrogens (tertiary/aromatic N) is 2. The first-order valence-electron chi connectivity index (χ1n) is 6.03. The lowest BCUT2D eigenvalue weighted by molar-refractivity contribution is -0.116. The molecule has 0 aliphatic carbocycles. The fourth-order valence-electron chi connectivity index (χ4n) is 2.39. The quantitative estimate of drug-likeness (QED) is 0.725. The van der Waals surface area contributed by atoms with E-state index in [1.807, 2.05) is 0 Å². The van der Waals surface area contributed by atoms with Crippen LogP contribution in [0.15, 0.2) is 24.3 Å². The number of halogens is 1. The average molecular weight is 273 g/mol. The highest BCUT2D eigenvalue weighted by atomic mass is 19.1. The summed E-state index contributed by atoms with van der Waals surface area (Å²) in [6, 6.07) is 5.93. The molecule has 1 aromatic heterocycles. The molecule has 20 heavy (non-hydrogen) atoms. The van der Waals surface area contributed by atoms with Gasteiger partial charge >= 0.3 is 0 Å². The first-order chi connectivity index (χ1) is 9.54. The van der Waals surface area contributed by atoms with E-state index in [0.717, 1.165) is 5.56 Å². The number of nitrogens with two attached hydrogens (primary N) is 2. The predicted molar refractivity (Wildman–Crippen MR) is 72.3 cm³/mol. The molecule has 1 aliphatic heterocycles. The number of aromatic nitrogens is 2. The lowest BCUT2D eigenvalue weighted by atomic mass is 9.86. The van der Waals surface area contributed by atoms with Crippen molar-refractivity contribution < 1.29 is 9.18 Å². The Morgan fingerprint density at radius 2 is 1.90 bits per heavy atom. The maximum atomic E-state index is 13.0. The van der Waals surface area contributed by atoms with Gasteiger partial charge in [-0.2, -0.15) is 9.97 Å². The van der Waals surface area contributed by atoms with Gasteiger partial charge in [0.15, 0.2) is 0 Å². The van der Waals surface area contributed by atoms with Crippen molar-refractivity contribution in [2.45, 2.75) is 12.3 Å². The minimum absolute atomic E-state index is 0.00121. The second-order valence-corrected chi connectivity index (χ2v) is 4.59. The van der Waals surface area contributed by atoms with E-state index < -0.39 is 0 Å². The van der Waals surface area contributed by atoms with Crippen molar-refractivity contribution in [2.75, 3.05) is 16.8 Å². The molecule has 2 heterocycles. The molecule has 102 valence electrons. The molecule has 1 aliphatic rings. The third-order valence-electron chi connectivity index (χ3n) is 3.26. The van der Waals surface area contributed by atoms with E-state index in [4.69, 9.17) is 11.5 Å². The third kappa shape index (κ3) is 2.03. The summed E-state index contributed by atoms with van der Waals surface area (Å²) in [5, 5.41) is 2.63. The molecule has 0 saturated carbocycles. The molecule has 1 atom stereocenters. The number of rotatable bonds is 1. The van der Waals surface area contributed by atoms with Crippen LogP contribution in [0.5, 0.6) is 0 Å². The van der Waals surface area contributed by atoms with Crippen molar-refractivity contribution >= 4 is 23.5 Å². The molecular formula is C13H12FN5O. The van der Waals surface area contributed by atoms with Crippen LogP contribution in [0.4, 0.5) is 22.0 Å². The first-order valence-corrected chi connectivity index (χ1v) is 6.03. The van der Waals surface area contributed by atoms with Gasteiger partial charge < -0.3 is 16.8 Å². The maximum Gasteiger partial charge on any atom is 0.226 e. The van der Waals surface area contributed by atoms with E-state index in [-0.39, 0.29) is 35.8 Å². The zero-order valence-corrected chi connectivity index (χ0v) is 10.4. The zero-order chi connectivity index (χ0) is 14.3. The van der Waals surface area contributed by atoms with Gasteiger partial charge in [0.2, 0.25) is 11.9 Å². The molecule has 2 aromatic rings. The van der Waals surface area contributed by atoms with E-state index in [1.165, 1.54) is 12.1 Å². The largest absolute Gasteiger partial charge is 0.383 e. The van der Waals surface area contributed by atoms with Crippen molar-refractivity contribution in [3.8, 4) is 0 Å². The van der Waals surface area contributed by atoms with Gasteiger partial charge in [0.25, 0.3) is 0 Å². The Balaban J connectivity index is 2.14. The molecule has 1 unspecified atom stereocenters. The number of hydrogen-bond donors (Lipinski definition) is 3. The van der Waals surface area contributed by atoms with E-state index in [1.54, 1.807) is 12.1 Å². The lowest BCUT2D eigenvalue weighted by Gasteiger charge is -2.26. The van der Waals surface area contributed by atoms with Crippen molar-refractivity contribution in [3.63, 3.8) is 0 Å². The minimum Gasteiger partial charge on any atom is -0.383 e. The Morgan fingerprint density at radius 3 is 2.60 bits per heavy atom. The number of carbonyl (C=O) groups is 1. The van der Waals surface area contributed by atoms with Crippen molar-refractivity contribution in [2.24, 2.45) is 0 Å². The normalized spacial score (nSPS) is 17.4. The minimum atomic E-state index is -0.337. The van der Waals surface area contributed by atoms with Crippen LogP contribution in [-0.2, 0) is 4.79 Å². The molecule has 0 spiro atoms. The van der Waals surface area contributed by atoms with Gasteiger partial charge in [-0.05, 0) is 17.7 Å². The van der Waals surface area contributed by atoms with Crippen molar-refractivity contribution in [3.05, 3.63) is 41.2 Å². The summed E-state index contributed by atoms with van der Waals surface area (Å²) in [4.78, 5) is 19.7. The van der Waals surface area contributed by atoms with Crippen molar-refractivity contribution in [1.29, 1.82) is 0 Å². The average Bonchev–Trinajstić information content (AvgIpc) is 2.37. The summed E-state index contributed by atoms with van der Waals surface area (Å²) in [7, 11) is 0. The van der Waals surface area contributed by atoms with Crippen LogP contribution in [-0.4, -0.2) is 15.9 Å². The Hall–Kier alpha value is -2.70. The highest BCUT2D eigenvalue weighted by molar-refractivity contribution is 5.95. The Kier molecular flexibility index (Phi) is 2.74. The summed E-state index contributed by atoms with van der Waals surface area (Å²) < 4.78 is 13.0. The molecule has 0 bridgehead atoms. The molecule has 1 amide bonds. The zero-order valence-electron chi connectivity index (χ0n) is 10.4. The van der Waals surface area contributed by atoms with E-state index in [9.17, 15) is 9.18 Å². The van der Waals surface area contributed by atoms with Crippen LogP contribution in [0.2, 0.25) is 0 Å². The number of hydrogen-bond acceptors (Lipinski definition) is 5. The monoisotopic (exact) mass is 273 g/mol. The van der Waals surface area contributed by atoms with Crippen LogP contribution < -0.4 is 16.8 Å².